The van der Waals surface area contributed by atoms with Crippen molar-refractivity contribution in [1.82, 2.24) is 10.2 Å². The molecule has 1 aromatic heterocycles. The van der Waals surface area contributed by atoms with E-state index in [1.54, 1.807) is 18.4 Å². The van der Waals surface area contributed by atoms with Crippen LogP contribution in [0.3, 0.4) is 0 Å². The number of carbonyl (C=O) groups excluding carboxylic acids is 1. The number of likely N-dealkylation sites (N-methyl/N-ethyl adjacent to an activating group) is 1. The van der Waals surface area contributed by atoms with Crippen molar-refractivity contribution >= 4 is 21.8 Å². The van der Waals surface area contributed by atoms with Gasteiger partial charge < -0.3 is 14.8 Å². The van der Waals surface area contributed by atoms with Crippen molar-refractivity contribution in [3.05, 3.63) is 52.4 Å². The highest BCUT2D eigenvalue weighted by atomic mass is 79.9. The predicted molar refractivity (Wildman–Crippen MR) is 92.5 cm³/mol. The first-order valence-corrected chi connectivity index (χ1v) is 8.40. The lowest BCUT2D eigenvalue weighted by atomic mass is 10.1. The fraction of sp³-hybridized carbons (Fsp3) is 0.353. The fourth-order valence-electron chi connectivity index (χ4n) is 2.53. The maximum atomic E-state index is 12.3. The molecular formula is C17H21BrN2O3. The van der Waals surface area contributed by atoms with E-state index in [0.29, 0.717) is 6.54 Å². The Labute approximate surface area is 144 Å². The normalized spacial score (nSPS) is 12.3. The molecule has 0 saturated heterocycles. The van der Waals surface area contributed by atoms with Crippen LogP contribution in [0.15, 0.2) is 45.5 Å². The van der Waals surface area contributed by atoms with Gasteiger partial charge in [0.1, 0.15) is 11.5 Å². The van der Waals surface area contributed by atoms with Crippen molar-refractivity contribution in [2.45, 2.75) is 19.9 Å². The Morgan fingerprint density at radius 3 is 2.70 bits per heavy atom. The van der Waals surface area contributed by atoms with Crippen LogP contribution in [0, 0.1) is 0 Å². The Morgan fingerprint density at radius 1 is 1.35 bits per heavy atom. The first-order chi connectivity index (χ1) is 11.1. The number of nitrogens with zero attached hydrogens (tertiary/aromatic N) is 1. The molecule has 1 unspecified atom stereocenters. The number of phenolic OH excluding ortho intramolecular Hbond substituents is 1. The van der Waals surface area contributed by atoms with Gasteiger partial charge in [0.05, 0.1) is 17.9 Å². The second kappa shape index (κ2) is 8.17. The standard InChI is InChI=1S/C17H21BrN2O3/c1-3-20(4-2)14(16-6-5-9-23-16)11-19-17(22)13-10-12(18)7-8-15(13)21/h5-10,14,21H,3-4,11H2,1-2H3,(H,19,22). The molecule has 0 aliphatic heterocycles. The summed E-state index contributed by atoms with van der Waals surface area (Å²) in [6.07, 6.45) is 1.63. The Morgan fingerprint density at radius 2 is 2.09 bits per heavy atom. The Kier molecular flexibility index (Phi) is 6.24. The second-order valence-electron chi connectivity index (χ2n) is 5.12. The molecule has 1 amide bonds. The number of benzene rings is 1. The zero-order valence-corrected chi connectivity index (χ0v) is 14.8. The van der Waals surface area contributed by atoms with Gasteiger partial charge in [0, 0.05) is 11.0 Å². The van der Waals surface area contributed by atoms with E-state index in [1.807, 2.05) is 12.1 Å². The van der Waals surface area contributed by atoms with E-state index in [9.17, 15) is 9.90 Å². The molecule has 1 aromatic carbocycles. The first-order valence-electron chi connectivity index (χ1n) is 7.61. The number of rotatable bonds is 7. The van der Waals surface area contributed by atoms with E-state index in [0.717, 1.165) is 23.3 Å². The minimum Gasteiger partial charge on any atom is -0.507 e. The van der Waals surface area contributed by atoms with Crippen LogP contribution in [0.1, 0.15) is 36.0 Å². The van der Waals surface area contributed by atoms with Crippen LogP contribution in [-0.2, 0) is 0 Å². The van der Waals surface area contributed by atoms with E-state index in [2.05, 4.69) is 40.0 Å². The molecule has 6 heteroatoms. The average molecular weight is 381 g/mol. The molecule has 0 radical (unpaired) electrons. The number of nitrogens with one attached hydrogen (secondary N) is 1. The molecule has 0 bridgehead atoms. The Hall–Kier alpha value is -1.79. The van der Waals surface area contributed by atoms with Gasteiger partial charge in [-0.3, -0.25) is 9.69 Å². The number of carbonyl (C=O) groups is 1. The van der Waals surface area contributed by atoms with Gasteiger partial charge in [0.2, 0.25) is 0 Å². The largest absolute Gasteiger partial charge is 0.507 e. The zero-order chi connectivity index (χ0) is 16.8. The van der Waals surface area contributed by atoms with Crippen molar-refractivity contribution in [2.24, 2.45) is 0 Å². The molecule has 5 nitrogen and oxygen atoms in total. The van der Waals surface area contributed by atoms with Crippen molar-refractivity contribution in [3.63, 3.8) is 0 Å². The number of furan rings is 1. The summed E-state index contributed by atoms with van der Waals surface area (Å²) in [5.74, 6) is 0.461. The predicted octanol–water partition coefficient (Wildman–Crippen LogP) is 3.56. The maximum absolute atomic E-state index is 12.3. The summed E-state index contributed by atoms with van der Waals surface area (Å²) < 4.78 is 6.25. The SMILES string of the molecule is CCN(CC)C(CNC(=O)c1cc(Br)ccc1O)c1ccco1. The summed E-state index contributed by atoms with van der Waals surface area (Å²) in [4.78, 5) is 14.6. The van der Waals surface area contributed by atoms with Gasteiger partial charge in [-0.25, -0.2) is 0 Å². The molecule has 23 heavy (non-hydrogen) atoms. The number of hydrogen-bond donors (Lipinski definition) is 2. The van der Waals surface area contributed by atoms with Crippen LogP contribution < -0.4 is 5.32 Å². The molecule has 0 spiro atoms. The Bertz CT molecular complexity index is 639. The molecule has 1 heterocycles. The van der Waals surface area contributed by atoms with Crippen LogP contribution in [0.25, 0.3) is 0 Å². The molecule has 0 aliphatic rings. The molecule has 0 aliphatic carbocycles. The molecule has 1 atom stereocenters. The summed E-state index contributed by atoms with van der Waals surface area (Å²) in [5, 5.41) is 12.7. The van der Waals surface area contributed by atoms with E-state index >= 15 is 0 Å². The molecule has 0 saturated carbocycles. The van der Waals surface area contributed by atoms with Crippen molar-refractivity contribution in [2.75, 3.05) is 19.6 Å². The van der Waals surface area contributed by atoms with Crippen molar-refractivity contribution in [1.29, 1.82) is 0 Å². The van der Waals surface area contributed by atoms with E-state index in [1.165, 1.54) is 6.07 Å². The van der Waals surface area contributed by atoms with Crippen LogP contribution in [0.2, 0.25) is 0 Å². The highest BCUT2D eigenvalue weighted by Crippen LogP contribution is 2.23. The number of phenols is 1. The van der Waals surface area contributed by atoms with Gasteiger partial charge in [0.25, 0.3) is 5.91 Å². The third-order valence-corrected chi connectivity index (χ3v) is 4.28. The van der Waals surface area contributed by atoms with Gasteiger partial charge in [-0.2, -0.15) is 0 Å². The van der Waals surface area contributed by atoms with E-state index < -0.39 is 0 Å². The monoisotopic (exact) mass is 380 g/mol. The average Bonchev–Trinajstić information content (AvgIpc) is 3.07. The van der Waals surface area contributed by atoms with Gasteiger partial charge in [-0.15, -0.1) is 0 Å². The maximum Gasteiger partial charge on any atom is 0.255 e. The number of amides is 1. The van der Waals surface area contributed by atoms with Crippen molar-refractivity contribution < 1.29 is 14.3 Å². The van der Waals surface area contributed by atoms with Crippen LogP contribution in [-0.4, -0.2) is 35.5 Å². The molecular weight excluding hydrogens is 360 g/mol. The fourth-order valence-corrected chi connectivity index (χ4v) is 2.89. The summed E-state index contributed by atoms with van der Waals surface area (Å²) in [5.41, 5.74) is 0.247. The lowest BCUT2D eigenvalue weighted by Gasteiger charge is -2.28. The molecule has 2 rings (SSSR count). The first kappa shape index (κ1) is 17.6. The smallest absolute Gasteiger partial charge is 0.255 e. The summed E-state index contributed by atoms with van der Waals surface area (Å²) in [6.45, 7) is 6.24. The summed E-state index contributed by atoms with van der Waals surface area (Å²) in [6, 6.07) is 8.49. The third-order valence-electron chi connectivity index (χ3n) is 3.78. The molecule has 2 N–H and O–H groups in total. The third kappa shape index (κ3) is 4.36. The van der Waals surface area contributed by atoms with Gasteiger partial charge in [0.15, 0.2) is 0 Å². The Balaban J connectivity index is 2.12. The van der Waals surface area contributed by atoms with Crippen LogP contribution in [0.5, 0.6) is 5.75 Å². The van der Waals surface area contributed by atoms with Gasteiger partial charge >= 0.3 is 0 Å². The second-order valence-corrected chi connectivity index (χ2v) is 6.04. The molecule has 0 fully saturated rings. The quantitative estimate of drug-likeness (QED) is 0.770. The highest BCUT2D eigenvalue weighted by Gasteiger charge is 2.22. The number of hydrogen-bond acceptors (Lipinski definition) is 4. The lowest BCUT2D eigenvalue weighted by molar-refractivity contribution is 0.0927. The van der Waals surface area contributed by atoms with Crippen LogP contribution in [0.4, 0.5) is 0 Å². The van der Waals surface area contributed by atoms with Gasteiger partial charge in [-0.1, -0.05) is 29.8 Å². The molecule has 2 aromatic rings. The van der Waals surface area contributed by atoms with E-state index in [-0.39, 0.29) is 23.3 Å². The molecule has 124 valence electrons. The highest BCUT2D eigenvalue weighted by molar-refractivity contribution is 9.10. The lowest BCUT2D eigenvalue weighted by Crippen LogP contribution is -2.37. The van der Waals surface area contributed by atoms with Crippen molar-refractivity contribution in [3.8, 4) is 5.75 Å². The topological polar surface area (TPSA) is 65.7 Å². The van der Waals surface area contributed by atoms with Gasteiger partial charge in [-0.05, 0) is 43.4 Å². The minimum absolute atomic E-state index is 0.0388. The number of halogens is 1. The number of aromatic hydroxyl groups is 1. The summed E-state index contributed by atoms with van der Waals surface area (Å²) in [7, 11) is 0. The summed E-state index contributed by atoms with van der Waals surface area (Å²) >= 11 is 3.31. The van der Waals surface area contributed by atoms with Crippen LogP contribution >= 0.6 is 15.9 Å². The zero-order valence-electron chi connectivity index (χ0n) is 13.3. The minimum atomic E-state index is -0.312. The van der Waals surface area contributed by atoms with E-state index in [4.69, 9.17) is 4.42 Å².